The summed E-state index contributed by atoms with van der Waals surface area (Å²) in [5.74, 6) is 0.621. The minimum absolute atomic E-state index is 0.135. The van der Waals surface area contributed by atoms with Crippen LogP contribution in [0, 0.1) is 0 Å². The SMILES string of the molecule is CSC(C)(C)CNc1cc(=O)[nH]cn1. The highest BCUT2D eigenvalue weighted by atomic mass is 32.2. The minimum Gasteiger partial charge on any atom is -0.368 e. The molecule has 0 saturated heterocycles. The third kappa shape index (κ3) is 3.41. The topological polar surface area (TPSA) is 57.8 Å². The van der Waals surface area contributed by atoms with Crippen molar-refractivity contribution in [3.8, 4) is 0 Å². The van der Waals surface area contributed by atoms with E-state index in [1.165, 1.54) is 12.4 Å². The molecule has 0 saturated carbocycles. The van der Waals surface area contributed by atoms with Gasteiger partial charge in [0, 0.05) is 17.4 Å². The van der Waals surface area contributed by atoms with Crippen molar-refractivity contribution in [2.75, 3.05) is 18.1 Å². The lowest BCUT2D eigenvalue weighted by Crippen LogP contribution is -2.26. The molecule has 2 N–H and O–H groups in total. The van der Waals surface area contributed by atoms with Crippen LogP contribution in [0.4, 0.5) is 5.82 Å². The molecule has 0 amide bonds. The Morgan fingerprint density at radius 1 is 1.64 bits per heavy atom. The van der Waals surface area contributed by atoms with Crippen LogP contribution in [-0.4, -0.2) is 27.5 Å². The summed E-state index contributed by atoms with van der Waals surface area (Å²) in [6.07, 6.45) is 3.46. The number of H-pyrrole nitrogens is 1. The second-order valence-electron chi connectivity index (χ2n) is 3.61. The Bertz CT molecular complexity index is 348. The zero-order valence-corrected chi connectivity index (χ0v) is 9.44. The number of anilines is 1. The standard InChI is InChI=1S/C9H15N3OS/c1-9(2,14-3)5-10-7-4-8(13)12-6-11-7/h4,6H,5H2,1-3H3,(H2,10,11,12,13). The van der Waals surface area contributed by atoms with Crippen LogP contribution in [0.1, 0.15) is 13.8 Å². The van der Waals surface area contributed by atoms with E-state index in [1.807, 2.05) is 0 Å². The Hall–Kier alpha value is -0.970. The molecule has 0 fully saturated rings. The molecule has 0 aliphatic carbocycles. The van der Waals surface area contributed by atoms with E-state index in [1.54, 1.807) is 11.8 Å². The summed E-state index contributed by atoms with van der Waals surface area (Å²) in [5.41, 5.74) is -0.135. The maximum absolute atomic E-state index is 10.9. The summed E-state index contributed by atoms with van der Waals surface area (Å²) in [7, 11) is 0. The lowest BCUT2D eigenvalue weighted by atomic mass is 10.2. The first-order chi connectivity index (χ1) is 6.53. The average molecular weight is 213 g/mol. The summed E-state index contributed by atoms with van der Waals surface area (Å²) in [6.45, 7) is 5.06. The highest BCUT2D eigenvalue weighted by Crippen LogP contribution is 2.20. The van der Waals surface area contributed by atoms with E-state index >= 15 is 0 Å². The second-order valence-corrected chi connectivity index (χ2v) is 5.13. The van der Waals surface area contributed by atoms with Crippen molar-refractivity contribution < 1.29 is 0 Å². The van der Waals surface area contributed by atoms with E-state index < -0.39 is 0 Å². The number of nitrogens with zero attached hydrogens (tertiary/aromatic N) is 1. The van der Waals surface area contributed by atoms with Gasteiger partial charge in [-0.2, -0.15) is 11.8 Å². The van der Waals surface area contributed by atoms with Crippen molar-refractivity contribution in [1.82, 2.24) is 9.97 Å². The molecule has 0 aromatic carbocycles. The molecule has 1 aromatic rings. The smallest absolute Gasteiger partial charge is 0.252 e. The van der Waals surface area contributed by atoms with Crippen LogP contribution in [0.25, 0.3) is 0 Å². The molecular formula is C9H15N3OS. The summed E-state index contributed by atoms with van der Waals surface area (Å²) < 4.78 is 0.143. The molecule has 1 rings (SSSR count). The molecule has 0 aliphatic rings. The highest BCUT2D eigenvalue weighted by molar-refractivity contribution is 7.99. The molecule has 0 unspecified atom stereocenters. The van der Waals surface area contributed by atoms with E-state index in [0.717, 1.165) is 6.54 Å². The Balaban J connectivity index is 2.58. The molecule has 1 aromatic heterocycles. The van der Waals surface area contributed by atoms with Gasteiger partial charge in [0.2, 0.25) is 0 Å². The average Bonchev–Trinajstić information content (AvgIpc) is 2.15. The van der Waals surface area contributed by atoms with Gasteiger partial charge in [0.15, 0.2) is 0 Å². The summed E-state index contributed by atoms with van der Waals surface area (Å²) in [6, 6.07) is 1.45. The molecule has 0 aliphatic heterocycles. The van der Waals surface area contributed by atoms with Crippen LogP contribution in [0.2, 0.25) is 0 Å². The maximum atomic E-state index is 10.9. The van der Waals surface area contributed by atoms with Crippen LogP contribution in [0.3, 0.4) is 0 Å². The molecule has 4 nitrogen and oxygen atoms in total. The van der Waals surface area contributed by atoms with Crippen LogP contribution >= 0.6 is 11.8 Å². The first-order valence-corrected chi connectivity index (χ1v) is 5.60. The van der Waals surface area contributed by atoms with Gasteiger partial charge in [-0.05, 0) is 20.1 Å². The first-order valence-electron chi connectivity index (χ1n) is 4.37. The van der Waals surface area contributed by atoms with E-state index in [4.69, 9.17) is 0 Å². The molecule has 0 spiro atoms. The quantitative estimate of drug-likeness (QED) is 0.792. The maximum Gasteiger partial charge on any atom is 0.252 e. The third-order valence-corrected chi connectivity index (χ3v) is 3.18. The number of hydrogen-bond acceptors (Lipinski definition) is 4. The van der Waals surface area contributed by atoms with Gasteiger partial charge in [0.1, 0.15) is 5.82 Å². The number of aromatic amines is 1. The van der Waals surface area contributed by atoms with Gasteiger partial charge < -0.3 is 10.3 Å². The Labute approximate surface area is 87.5 Å². The number of rotatable bonds is 4. The highest BCUT2D eigenvalue weighted by Gasteiger charge is 2.15. The van der Waals surface area contributed by atoms with Crippen LogP contribution < -0.4 is 10.9 Å². The number of hydrogen-bond donors (Lipinski definition) is 2. The van der Waals surface area contributed by atoms with Crippen LogP contribution in [-0.2, 0) is 0 Å². The minimum atomic E-state index is -0.135. The van der Waals surface area contributed by atoms with E-state index in [2.05, 4.69) is 35.4 Å². The lowest BCUT2D eigenvalue weighted by molar-refractivity contribution is 0.749. The lowest BCUT2D eigenvalue weighted by Gasteiger charge is -2.22. The van der Waals surface area contributed by atoms with E-state index in [9.17, 15) is 4.79 Å². The Morgan fingerprint density at radius 3 is 2.93 bits per heavy atom. The summed E-state index contributed by atoms with van der Waals surface area (Å²) in [5, 5.41) is 3.12. The molecular weight excluding hydrogens is 198 g/mol. The molecule has 14 heavy (non-hydrogen) atoms. The van der Waals surface area contributed by atoms with E-state index in [0.29, 0.717) is 5.82 Å². The zero-order chi connectivity index (χ0) is 10.6. The van der Waals surface area contributed by atoms with Gasteiger partial charge in [-0.1, -0.05) is 0 Å². The number of nitrogens with one attached hydrogen (secondary N) is 2. The second kappa shape index (κ2) is 4.50. The monoisotopic (exact) mass is 213 g/mol. The van der Waals surface area contributed by atoms with Gasteiger partial charge in [-0.3, -0.25) is 4.79 Å². The molecule has 0 atom stereocenters. The number of aromatic nitrogens is 2. The Kier molecular flexibility index (Phi) is 3.57. The van der Waals surface area contributed by atoms with Crippen LogP contribution in [0.5, 0.6) is 0 Å². The summed E-state index contributed by atoms with van der Waals surface area (Å²) >= 11 is 1.77. The molecule has 5 heteroatoms. The fraction of sp³-hybridized carbons (Fsp3) is 0.556. The Morgan fingerprint density at radius 2 is 2.36 bits per heavy atom. The van der Waals surface area contributed by atoms with Crippen molar-refractivity contribution in [2.45, 2.75) is 18.6 Å². The normalized spacial score (nSPS) is 11.4. The number of thioether (sulfide) groups is 1. The molecule has 78 valence electrons. The van der Waals surface area contributed by atoms with E-state index in [-0.39, 0.29) is 10.3 Å². The molecule has 0 bridgehead atoms. The van der Waals surface area contributed by atoms with Gasteiger partial charge in [0.25, 0.3) is 5.56 Å². The van der Waals surface area contributed by atoms with Gasteiger partial charge >= 0.3 is 0 Å². The van der Waals surface area contributed by atoms with Crippen molar-refractivity contribution in [3.05, 3.63) is 22.7 Å². The predicted octanol–water partition coefficient (Wildman–Crippen LogP) is 1.32. The van der Waals surface area contributed by atoms with Crippen molar-refractivity contribution >= 4 is 17.6 Å². The van der Waals surface area contributed by atoms with Gasteiger partial charge in [0.05, 0.1) is 6.33 Å². The fourth-order valence-electron chi connectivity index (χ4n) is 0.841. The third-order valence-electron chi connectivity index (χ3n) is 1.93. The summed E-state index contributed by atoms with van der Waals surface area (Å²) in [4.78, 5) is 17.4. The van der Waals surface area contributed by atoms with Gasteiger partial charge in [-0.15, -0.1) is 0 Å². The molecule has 0 radical (unpaired) electrons. The van der Waals surface area contributed by atoms with Gasteiger partial charge in [-0.25, -0.2) is 4.98 Å². The first kappa shape index (κ1) is 11.1. The fourth-order valence-corrected chi connectivity index (χ4v) is 1.06. The molecule has 1 heterocycles. The van der Waals surface area contributed by atoms with Crippen LogP contribution in [0.15, 0.2) is 17.2 Å². The predicted molar refractivity (Wildman–Crippen MR) is 60.9 cm³/mol. The largest absolute Gasteiger partial charge is 0.368 e. The van der Waals surface area contributed by atoms with Crippen molar-refractivity contribution in [2.24, 2.45) is 0 Å². The van der Waals surface area contributed by atoms with Crippen molar-refractivity contribution in [1.29, 1.82) is 0 Å². The zero-order valence-electron chi connectivity index (χ0n) is 8.63. The van der Waals surface area contributed by atoms with Crippen molar-refractivity contribution in [3.63, 3.8) is 0 Å².